The molecule has 0 bridgehead atoms. The predicted octanol–water partition coefficient (Wildman–Crippen LogP) is 2.66. The number of carbonyl (C=O) groups excluding carboxylic acids is 3. The Labute approximate surface area is 164 Å². The number of hydrogen-bond acceptors (Lipinski definition) is 4. The fourth-order valence-corrected chi connectivity index (χ4v) is 2.36. The normalized spacial score (nSPS) is 10.8. The first-order valence-electron chi connectivity index (χ1n) is 8.89. The van der Waals surface area contributed by atoms with Gasteiger partial charge in [0.1, 0.15) is 0 Å². The van der Waals surface area contributed by atoms with Crippen LogP contribution in [-0.2, 0) is 20.8 Å². The molecule has 0 unspecified atom stereocenters. The highest BCUT2D eigenvalue weighted by atomic mass is 16.2. The van der Waals surface area contributed by atoms with Gasteiger partial charge in [0.25, 0.3) is 0 Å². The molecule has 7 nitrogen and oxygen atoms in total. The van der Waals surface area contributed by atoms with Crippen molar-refractivity contribution in [3.05, 3.63) is 71.4 Å². The molecule has 0 saturated carbocycles. The highest BCUT2D eigenvalue weighted by molar-refractivity contribution is 6.39. The third kappa shape index (κ3) is 6.60. The molecular formula is C21H24N4O3. The lowest BCUT2D eigenvalue weighted by Gasteiger charge is -2.10. The van der Waals surface area contributed by atoms with E-state index in [0.29, 0.717) is 17.1 Å². The zero-order valence-electron chi connectivity index (χ0n) is 16.1. The molecule has 0 spiro atoms. The van der Waals surface area contributed by atoms with Gasteiger partial charge in [0.2, 0.25) is 5.91 Å². The topological polar surface area (TPSA) is 99.3 Å². The Hall–Kier alpha value is -3.61. The van der Waals surface area contributed by atoms with Crippen LogP contribution in [0.25, 0.3) is 0 Å². The monoisotopic (exact) mass is 380 g/mol. The molecule has 2 aromatic rings. The summed E-state index contributed by atoms with van der Waals surface area (Å²) in [5.41, 5.74) is 8.53. The molecule has 3 amide bonds. The van der Waals surface area contributed by atoms with Crippen LogP contribution in [-0.4, -0.2) is 17.7 Å². The summed E-state index contributed by atoms with van der Waals surface area (Å²) >= 11 is 0. The number of hydrogen-bond donors (Lipinski definition) is 4. The van der Waals surface area contributed by atoms with Crippen molar-refractivity contribution < 1.29 is 14.4 Å². The Kier molecular flexibility index (Phi) is 7.33. The van der Waals surface area contributed by atoms with E-state index < -0.39 is 11.8 Å². The maximum absolute atomic E-state index is 12.0. The molecule has 2 rings (SSSR count). The zero-order chi connectivity index (χ0) is 20.5. The summed E-state index contributed by atoms with van der Waals surface area (Å²) in [5.74, 6) is -2.04. The van der Waals surface area contributed by atoms with E-state index in [1.54, 1.807) is 25.1 Å². The van der Waals surface area contributed by atoms with Crippen molar-refractivity contribution in [3.63, 3.8) is 0 Å². The van der Waals surface area contributed by atoms with Crippen molar-refractivity contribution in [2.75, 3.05) is 10.6 Å². The second-order valence-electron chi connectivity index (χ2n) is 6.27. The van der Waals surface area contributed by atoms with E-state index in [9.17, 15) is 14.4 Å². The second-order valence-corrected chi connectivity index (χ2v) is 6.27. The Morgan fingerprint density at radius 2 is 1.61 bits per heavy atom. The van der Waals surface area contributed by atoms with Gasteiger partial charge in [-0.2, -0.15) is 0 Å². The van der Waals surface area contributed by atoms with Gasteiger partial charge in [0.05, 0.1) is 0 Å². The first kappa shape index (κ1) is 20.7. The molecule has 2 aromatic carbocycles. The molecule has 0 saturated heterocycles. The Bertz CT molecular complexity index is 889. The first-order chi connectivity index (χ1) is 13.4. The van der Waals surface area contributed by atoms with Gasteiger partial charge in [-0.1, -0.05) is 31.2 Å². The number of nitrogens with one attached hydrogen (secondary N) is 4. The van der Waals surface area contributed by atoms with Crippen LogP contribution < -0.4 is 21.5 Å². The molecule has 0 fully saturated rings. The third-order valence-electron chi connectivity index (χ3n) is 3.83. The minimum Gasteiger partial charge on any atom is -0.322 e. The predicted molar refractivity (Wildman–Crippen MR) is 109 cm³/mol. The molecule has 4 N–H and O–H groups in total. The van der Waals surface area contributed by atoms with Crippen molar-refractivity contribution in [1.29, 1.82) is 0 Å². The average molecular weight is 380 g/mol. The molecule has 0 radical (unpaired) electrons. The van der Waals surface area contributed by atoms with E-state index in [1.807, 2.05) is 44.2 Å². The minimum absolute atomic E-state index is 0.356. The molecule has 0 heterocycles. The van der Waals surface area contributed by atoms with Crippen molar-refractivity contribution >= 4 is 29.1 Å². The lowest BCUT2D eigenvalue weighted by molar-refractivity contribution is -0.136. The van der Waals surface area contributed by atoms with Gasteiger partial charge in [-0.05, 0) is 55.7 Å². The number of aryl methyl sites for hydroxylation is 2. The van der Waals surface area contributed by atoms with Gasteiger partial charge in [0, 0.05) is 23.1 Å². The fourth-order valence-electron chi connectivity index (χ4n) is 2.36. The molecule has 7 heteroatoms. The van der Waals surface area contributed by atoms with Crippen LogP contribution >= 0.6 is 0 Å². The van der Waals surface area contributed by atoms with E-state index in [0.717, 1.165) is 17.5 Å². The minimum atomic E-state index is -0.869. The fraction of sp³-hybridized carbons (Fsp3) is 0.190. The van der Waals surface area contributed by atoms with Gasteiger partial charge in [0.15, 0.2) is 0 Å². The molecule has 146 valence electrons. The highest BCUT2D eigenvalue weighted by Gasteiger charge is 2.13. The summed E-state index contributed by atoms with van der Waals surface area (Å²) in [6.45, 7) is 5.55. The molecular weight excluding hydrogens is 356 g/mol. The standard InChI is InChI=1S/C21H24N4O3/c1-4-16-8-10-17(11-9-16)23-20(27)21(28)25-24-15(3)13-19(26)22-18-7-5-6-14(2)12-18/h5-13,24H,4H2,1-3H3,(H,22,26)(H,23,27)(H,25,28). The van der Waals surface area contributed by atoms with Crippen molar-refractivity contribution in [2.24, 2.45) is 0 Å². The number of benzene rings is 2. The Morgan fingerprint density at radius 3 is 2.25 bits per heavy atom. The molecule has 0 aliphatic heterocycles. The van der Waals surface area contributed by atoms with E-state index in [4.69, 9.17) is 0 Å². The van der Waals surface area contributed by atoms with Crippen molar-refractivity contribution in [1.82, 2.24) is 10.9 Å². The maximum Gasteiger partial charge on any atom is 0.327 e. The summed E-state index contributed by atoms with van der Waals surface area (Å²) in [7, 11) is 0. The number of amides is 3. The van der Waals surface area contributed by atoms with E-state index in [1.165, 1.54) is 6.08 Å². The largest absolute Gasteiger partial charge is 0.327 e. The van der Waals surface area contributed by atoms with E-state index in [-0.39, 0.29) is 5.91 Å². The van der Waals surface area contributed by atoms with Gasteiger partial charge in [-0.15, -0.1) is 0 Å². The summed E-state index contributed by atoms with van der Waals surface area (Å²) in [5, 5.41) is 5.22. The van der Waals surface area contributed by atoms with Gasteiger partial charge in [-0.3, -0.25) is 19.8 Å². The number of allylic oxidation sites excluding steroid dienone is 1. The smallest absolute Gasteiger partial charge is 0.322 e. The van der Waals surface area contributed by atoms with Crippen LogP contribution in [0.15, 0.2) is 60.3 Å². The molecule has 0 aromatic heterocycles. The molecule has 0 atom stereocenters. The first-order valence-corrected chi connectivity index (χ1v) is 8.89. The van der Waals surface area contributed by atoms with Crippen LogP contribution in [0.2, 0.25) is 0 Å². The van der Waals surface area contributed by atoms with Gasteiger partial charge in [-0.25, -0.2) is 0 Å². The summed E-state index contributed by atoms with van der Waals surface area (Å²) in [6.07, 6.45) is 2.17. The summed E-state index contributed by atoms with van der Waals surface area (Å²) < 4.78 is 0. The summed E-state index contributed by atoms with van der Waals surface area (Å²) in [4.78, 5) is 35.8. The highest BCUT2D eigenvalue weighted by Crippen LogP contribution is 2.10. The van der Waals surface area contributed by atoms with Gasteiger partial charge >= 0.3 is 11.8 Å². The number of anilines is 2. The molecule has 28 heavy (non-hydrogen) atoms. The van der Waals surface area contributed by atoms with E-state index in [2.05, 4.69) is 21.5 Å². The molecule has 0 aliphatic rings. The van der Waals surface area contributed by atoms with Crippen molar-refractivity contribution in [3.8, 4) is 0 Å². The third-order valence-corrected chi connectivity index (χ3v) is 3.83. The van der Waals surface area contributed by atoms with Crippen LogP contribution in [0.5, 0.6) is 0 Å². The quantitative estimate of drug-likeness (QED) is 0.352. The zero-order valence-corrected chi connectivity index (χ0v) is 16.1. The van der Waals surface area contributed by atoms with Crippen LogP contribution in [0.3, 0.4) is 0 Å². The lowest BCUT2D eigenvalue weighted by Crippen LogP contribution is -2.43. The average Bonchev–Trinajstić information content (AvgIpc) is 2.66. The van der Waals surface area contributed by atoms with E-state index >= 15 is 0 Å². The van der Waals surface area contributed by atoms with Crippen molar-refractivity contribution in [2.45, 2.75) is 27.2 Å². The maximum atomic E-state index is 12.0. The Balaban J connectivity index is 1.82. The molecule has 0 aliphatic carbocycles. The Morgan fingerprint density at radius 1 is 0.893 bits per heavy atom. The summed E-state index contributed by atoms with van der Waals surface area (Å²) in [6, 6.07) is 14.6. The van der Waals surface area contributed by atoms with Crippen LogP contribution in [0.1, 0.15) is 25.0 Å². The van der Waals surface area contributed by atoms with Crippen LogP contribution in [0, 0.1) is 6.92 Å². The van der Waals surface area contributed by atoms with Gasteiger partial charge < -0.3 is 16.1 Å². The number of carbonyl (C=O) groups is 3. The SMILES string of the molecule is CCc1ccc(NC(=O)C(=O)NNC(C)=CC(=O)Nc2cccc(C)c2)cc1. The lowest BCUT2D eigenvalue weighted by atomic mass is 10.1. The van der Waals surface area contributed by atoms with Crippen LogP contribution in [0.4, 0.5) is 11.4 Å². The number of hydrazine groups is 1. The number of rotatable bonds is 6. The second kappa shape index (κ2) is 9.91.